The number of halogens is 2. The molecule has 0 saturated carbocycles. The number of rotatable bonds is 4. The van der Waals surface area contributed by atoms with Crippen LogP contribution in [-0.2, 0) is 4.79 Å². The van der Waals surface area contributed by atoms with Gasteiger partial charge >= 0.3 is 0 Å². The third-order valence-electron chi connectivity index (χ3n) is 3.68. The van der Waals surface area contributed by atoms with E-state index in [1.807, 2.05) is 13.8 Å². The van der Waals surface area contributed by atoms with Gasteiger partial charge < -0.3 is 10.1 Å². The Morgan fingerprint density at radius 3 is 2.44 bits per heavy atom. The molecule has 1 aromatic heterocycles. The fraction of sp³-hybridized carbons (Fsp3) is 0.176. The van der Waals surface area contributed by atoms with Crippen molar-refractivity contribution in [2.75, 3.05) is 5.01 Å². The normalized spacial score (nSPS) is 13.9. The van der Waals surface area contributed by atoms with Crippen LogP contribution in [-0.4, -0.2) is 22.3 Å². The molecule has 2 heterocycles. The molecule has 0 atom stereocenters. The van der Waals surface area contributed by atoms with E-state index in [0.717, 1.165) is 6.21 Å². The second kappa shape index (κ2) is 7.42. The number of aromatic nitrogens is 2. The van der Waals surface area contributed by atoms with Gasteiger partial charge in [0.2, 0.25) is 5.88 Å². The van der Waals surface area contributed by atoms with Gasteiger partial charge in [0, 0.05) is 11.6 Å². The van der Waals surface area contributed by atoms with E-state index >= 15 is 0 Å². The topological polar surface area (TPSA) is 99.7 Å². The quantitative estimate of drug-likeness (QED) is 0.808. The Morgan fingerprint density at radius 1 is 1.19 bits per heavy atom. The SMILES string of the molecule is C=C1NC(=O)C=NN1c1cc(Cl)c(Oc2cc(C(C)C)c(=O)[nH]n2)c(Cl)c1. The number of hydrazone groups is 1. The van der Waals surface area contributed by atoms with Gasteiger partial charge in [-0.2, -0.15) is 5.10 Å². The summed E-state index contributed by atoms with van der Waals surface area (Å²) in [6.45, 7) is 7.49. The lowest BCUT2D eigenvalue weighted by molar-refractivity contribution is -0.114. The van der Waals surface area contributed by atoms with E-state index in [2.05, 4.69) is 27.2 Å². The van der Waals surface area contributed by atoms with E-state index in [1.165, 1.54) is 11.1 Å². The van der Waals surface area contributed by atoms with Crippen molar-refractivity contribution in [2.45, 2.75) is 19.8 Å². The van der Waals surface area contributed by atoms with Crippen molar-refractivity contribution in [1.82, 2.24) is 15.5 Å². The highest BCUT2D eigenvalue weighted by atomic mass is 35.5. The van der Waals surface area contributed by atoms with E-state index in [0.29, 0.717) is 11.3 Å². The van der Waals surface area contributed by atoms with Gasteiger partial charge in [0.25, 0.3) is 11.5 Å². The van der Waals surface area contributed by atoms with Crippen molar-refractivity contribution in [3.8, 4) is 11.6 Å². The van der Waals surface area contributed by atoms with Crippen LogP contribution in [0.2, 0.25) is 10.0 Å². The standard InChI is InChI=1S/C17H15Cl2N5O3/c1-8(2)11-6-15(22-23-17(11)26)27-16-12(18)4-10(5-13(16)19)24-9(3)21-14(25)7-20-24/h4-8H,3H2,1-2H3,(H,21,25)(H,23,26). The van der Waals surface area contributed by atoms with Gasteiger partial charge in [-0.1, -0.05) is 43.6 Å². The molecule has 0 spiro atoms. The highest BCUT2D eigenvalue weighted by molar-refractivity contribution is 6.37. The lowest BCUT2D eigenvalue weighted by Gasteiger charge is -2.25. The van der Waals surface area contributed by atoms with Crippen LogP contribution in [0.3, 0.4) is 0 Å². The maximum Gasteiger partial charge on any atom is 0.269 e. The van der Waals surface area contributed by atoms with Crippen molar-refractivity contribution in [1.29, 1.82) is 0 Å². The molecule has 2 N–H and O–H groups in total. The van der Waals surface area contributed by atoms with Crippen LogP contribution in [0.1, 0.15) is 25.3 Å². The van der Waals surface area contributed by atoms with Crippen LogP contribution in [0.5, 0.6) is 11.6 Å². The minimum Gasteiger partial charge on any atom is -0.434 e. The first kappa shape index (κ1) is 18.9. The first-order valence-electron chi connectivity index (χ1n) is 7.86. The van der Waals surface area contributed by atoms with Crippen molar-refractivity contribution in [3.05, 3.63) is 56.6 Å². The molecule has 0 radical (unpaired) electrons. The number of ether oxygens (including phenoxy) is 1. The van der Waals surface area contributed by atoms with Gasteiger partial charge in [-0.05, 0) is 18.1 Å². The summed E-state index contributed by atoms with van der Waals surface area (Å²) in [5.74, 6) is 0.200. The minimum absolute atomic E-state index is 0.00870. The molecule has 1 aliphatic heterocycles. The van der Waals surface area contributed by atoms with Crippen molar-refractivity contribution < 1.29 is 9.53 Å². The number of anilines is 1. The fourth-order valence-corrected chi connectivity index (χ4v) is 2.94. The van der Waals surface area contributed by atoms with Crippen LogP contribution < -0.4 is 20.6 Å². The molecule has 0 fully saturated rings. The van der Waals surface area contributed by atoms with Gasteiger partial charge in [-0.3, -0.25) is 9.59 Å². The largest absolute Gasteiger partial charge is 0.434 e. The van der Waals surface area contributed by atoms with Crippen LogP contribution in [0.15, 0.2) is 40.5 Å². The first-order chi connectivity index (χ1) is 12.8. The molecule has 3 rings (SSSR count). The van der Waals surface area contributed by atoms with Crippen molar-refractivity contribution in [2.24, 2.45) is 5.10 Å². The highest BCUT2D eigenvalue weighted by Crippen LogP contribution is 2.40. The highest BCUT2D eigenvalue weighted by Gasteiger charge is 2.20. The van der Waals surface area contributed by atoms with Gasteiger partial charge in [-0.25, -0.2) is 10.1 Å². The Kier molecular flexibility index (Phi) is 5.20. The Balaban J connectivity index is 1.93. The predicted molar refractivity (Wildman–Crippen MR) is 104 cm³/mol. The minimum atomic E-state index is -0.376. The first-order valence-corrected chi connectivity index (χ1v) is 8.62. The number of hydrogen-bond donors (Lipinski definition) is 2. The third-order valence-corrected chi connectivity index (χ3v) is 4.24. The maximum atomic E-state index is 11.8. The lowest BCUT2D eigenvalue weighted by Crippen LogP contribution is -2.37. The number of carbonyl (C=O) groups is 1. The van der Waals surface area contributed by atoms with Gasteiger partial charge in [0.05, 0.1) is 15.7 Å². The maximum absolute atomic E-state index is 11.8. The molecule has 0 aliphatic carbocycles. The molecule has 2 aromatic rings. The van der Waals surface area contributed by atoms with Gasteiger partial charge in [0.15, 0.2) is 5.75 Å². The summed E-state index contributed by atoms with van der Waals surface area (Å²) < 4.78 is 5.68. The van der Waals surface area contributed by atoms with Crippen LogP contribution in [0, 0.1) is 0 Å². The number of nitrogens with zero attached hydrogens (tertiary/aromatic N) is 3. The monoisotopic (exact) mass is 407 g/mol. The Hall–Kier alpha value is -2.84. The van der Waals surface area contributed by atoms with E-state index in [-0.39, 0.29) is 44.9 Å². The molecule has 1 aliphatic rings. The predicted octanol–water partition coefficient (Wildman–Crippen LogP) is 3.39. The third kappa shape index (κ3) is 3.96. The zero-order valence-corrected chi connectivity index (χ0v) is 15.9. The average Bonchev–Trinajstić information content (AvgIpc) is 2.59. The number of H-pyrrole nitrogens is 1. The molecule has 1 aromatic carbocycles. The van der Waals surface area contributed by atoms with E-state index < -0.39 is 0 Å². The number of nitrogens with one attached hydrogen (secondary N) is 2. The average molecular weight is 408 g/mol. The summed E-state index contributed by atoms with van der Waals surface area (Å²) in [5, 5.41) is 14.5. The molecular weight excluding hydrogens is 393 g/mol. The molecule has 140 valence electrons. The van der Waals surface area contributed by atoms with Crippen LogP contribution in [0.25, 0.3) is 0 Å². The number of carbonyl (C=O) groups excluding carboxylic acids is 1. The zero-order valence-electron chi connectivity index (χ0n) is 14.4. The van der Waals surface area contributed by atoms with E-state index in [4.69, 9.17) is 27.9 Å². The summed E-state index contributed by atoms with van der Waals surface area (Å²) in [7, 11) is 0. The second-order valence-corrected chi connectivity index (χ2v) is 6.79. The summed E-state index contributed by atoms with van der Waals surface area (Å²) in [6, 6.07) is 4.64. The van der Waals surface area contributed by atoms with E-state index in [9.17, 15) is 9.59 Å². The van der Waals surface area contributed by atoms with Crippen LogP contribution in [0.4, 0.5) is 5.69 Å². The van der Waals surface area contributed by atoms with Crippen molar-refractivity contribution in [3.63, 3.8) is 0 Å². The number of benzene rings is 1. The van der Waals surface area contributed by atoms with E-state index in [1.54, 1.807) is 12.1 Å². The lowest BCUT2D eigenvalue weighted by atomic mass is 10.1. The van der Waals surface area contributed by atoms with Crippen LogP contribution >= 0.6 is 23.2 Å². The van der Waals surface area contributed by atoms with Crippen molar-refractivity contribution >= 4 is 41.0 Å². The summed E-state index contributed by atoms with van der Waals surface area (Å²) in [5.41, 5.74) is 0.725. The molecule has 27 heavy (non-hydrogen) atoms. The molecule has 10 heteroatoms. The number of aromatic amines is 1. The smallest absolute Gasteiger partial charge is 0.269 e. The number of hydrogen-bond acceptors (Lipinski definition) is 6. The Morgan fingerprint density at radius 2 is 1.85 bits per heavy atom. The van der Waals surface area contributed by atoms with Gasteiger partial charge in [-0.15, -0.1) is 5.10 Å². The molecular formula is C17H15Cl2N5O3. The Labute approximate surface area is 164 Å². The summed E-state index contributed by atoms with van der Waals surface area (Å²) in [6.07, 6.45) is 1.11. The fourth-order valence-electron chi connectivity index (χ4n) is 2.38. The summed E-state index contributed by atoms with van der Waals surface area (Å²) >= 11 is 12.6. The summed E-state index contributed by atoms with van der Waals surface area (Å²) in [4.78, 5) is 23.1. The molecule has 0 unspecified atom stereocenters. The molecule has 0 saturated heterocycles. The second-order valence-electron chi connectivity index (χ2n) is 5.98. The molecule has 0 bridgehead atoms. The Bertz CT molecular complexity index is 993. The zero-order chi connectivity index (χ0) is 19.7. The van der Waals surface area contributed by atoms with Gasteiger partial charge in [0.1, 0.15) is 12.0 Å². The molecule has 1 amide bonds. The molecule has 8 nitrogen and oxygen atoms in total. The number of amides is 1.